The number of ether oxygens (including phenoxy) is 2. The van der Waals surface area contributed by atoms with Crippen LogP contribution in [0.5, 0.6) is 0 Å². The molecule has 8 heteroatoms. The van der Waals surface area contributed by atoms with Crippen LogP contribution in [-0.4, -0.2) is 68.3 Å². The second kappa shape index (κ2) is 6.49. The molecule has 0 N–H and O–H groups in total. The molecule has 1 aliphatic heterocycles. The van der Waals surface area contributed by atoms with E-state index in [0.29, 0.717) is 0 Å². The van der Waals surface area contributed by atoms with E-state index in [1.807, 2.05) is 0 Å². The van der Waals surface area contributed by atoms with Crippen molar-refractivity contribution in [2.24, 2.45) is 0 Å². The van der Waals surface area contributed by atoms with Gasteiger partial charge in [0.1, 0.15) is 12.2 Å². The summed E-state index contributed by atoms with van der Waals surface area (Å²) in [5, 5.41) is 2.13. The zero-order chi connectivity index (χ0) is 15.5. The Balaban J connectivity index is 2.85. The number of nitrogens with zero attached hydrogens (tertiary/aromatic N) is 2. The molecule has 0 spiro atoms. The van der Waals surface area contributed by atoms with Crippen molar-refractivity contribution in [1.29, 1.82) is 0 Å². The van der Waals surface area contributed by atoms with Crippen LogP contribution in [0.15, 0.2) is 0 Å². The number of hydrogen-bond acceptors (Lipinski definition) is 6. The van der Waals surface area contributed by atoms with Crippen molar-refractivity contribution in [3.05, 3.63) is 0 Å². The molecule has 1 aliphatic rings. The van der Waals surface area contributed by atoms with Gasteiger partial charge in [0.25, 0.3) is 11.8 Å². The van der Waals surface area contributed by atoms with E-state index in [1.54, 1.807) is 13.8 Å². The molecule has 1 saturated heterocycles. The Labute approximate surface area is 118 Å². The van der Waals surface area contributed by atoms with Gasteiger partial charge in [-0.2, -0.15) is 0 Å². The fourth-order valence-electron chi connectivity index (χ4n) is 1.89. The maximum atomic E-state index is 12.1. The maximum absolute atomic E-state index is 12.1. The summed E-state index contributed by atoms with van der Waals surface area (Å²) < 4.78 is 11.1. The van der Waals surface area contributed by atoms with Gasteiger partial charge in [-0.3, -0.25) is 19.3 Å². The summed E-state index contributed by atoms with van der Waals surface area (Å²) in [5.41, 5.74) is 0. The van der Waals surface area contributed by atoms with Gasteiger partial charge in [0.15, 0.2) is 5.79 Å². The highest BCUT2D eigenvalue weighted by Gasteiger charge is 2.43. The quantitative estimate of drug-likeness (QED) is 0.675. The third kappa shape index (κ3) is 3.89. The average Bonchev–Trinajstić information content (AvgIpc) is 2.41. The largest absolute Gasteiger partial charge is 0.337 e. The van der Waals surface area contributed by atoms with Crippen LogP contribution in [0.2, 0.25) is 0 Å². The summed E-state index contributed by atoms with van der Waals surface area (Å²) >= 11 is 0. The summed E-state index contributed by atoms with van der Waals surface area (Å²) in [7, 11) is 5.71. The third-order valence-electron chi connectivity index (χ3n) is 3.00. The van der Waals surface area contributed by atoms with Gasteiger partial charge in [-0.05, 0) is 13.8 Å². The van der Waals surface area contributed by atoms with Crippen LogP contribution in [-0.2, 0) is 28.7 Å². The molecule has 0 saturated carbocycles. The van der Waals surface area contributed by atoms with Crippen LogP contribution in [0.4, 0.5) is 0 Å². The molecular weight excluding hydrogens is 268 g/mol. The van der Waals surface area contributed by atoms with Gasteiger partial charge in [-0.25, -0.2) is 10.1 Å². The van der Waals surface area contributed by atoms with Crippen LogP contribution in [0.1, 0.15) is 20.3 Å². The molecule has 20 heavy (non-hydrogen) atoms. The van der Waals surface area contributed by atoms with Crippen molar-refractivity contribution < 1.29 is 28.7 Å². The predicted octanol–water partition coefficient (Wildman–Crippen LogP) is -0.0638. The fourth-order valence-corrected chi connectivity index (χ4v) is 1.89. The van der Waals surface area contributed by atoms with Crippen LogP contribution >= 0.6 is 0 Å². The zero-order valence-corrected chi connectivity index (χ0v) is 12.7. The van der Waals surface area contributed by atoms with Crippen molar-refractivity contribution in [3.63, 3.8) is 0 Å². The lowest BCUT2D eigenvalue weighted by atomic mass is 10.1. The topological polar surface area (TPSA) is 77.5 Å². The minimum atomic E-state index is -1.05. The van der Waals surface area contributed by atoms with Gasteiger partial charge in [-0.1, -0.05) is 0 Å². The van der Waals surface area contributed by atoms with Crippen LogP contribution in [0, 0.1) is 0 Å². The molecule has 8 nitrogen and oxygen atoms in total. The second-order valence-corrected chi connectivity index (χ2v) is 4.89. The van der Waals surface area contributed by atoms with Gasteiger partial charge in [0, 0.05) is 20.5 Å². The number of carbonyl (C=O) groups is 2. The van der Waals surface area contributed by atoms with Crippen molar-refractivity contribution in [2.45, 2.75) is 38.3 Å². The first-order valence-corrected chi connectivity index (χ1v) is 6.21. The van der Waals surface area contributed by atoms with Crippen molar-refractivity contribution in [3.8, 4) is 0 Å². The number of amides is 2. The lowest BCUT2D eigenvalue weighted by molar-refractivity contribution is -0.299. The highest BCUT2D eigenvalue weighted by Crippen LogP contribution is 2.28. The summed E-state index contributed by atoms with van der Waals surface area (Å²) in [6, 6.07) is 0. The lowest BCUT2D eigenvalue weighted by Crippen LogP contribution is -2.54. The Morgan fingerprint density at radius 3 is 1.65 bits per heavy atom. The molecule has 0 aromatic heterocycles. The summed E-state index contributed by atoms with van der Waals surface area (Å²) in [5.74, 6) is -1.80. The molecular formula is C12H22N2O6. The zero-order valence-electron chi connectivity index (χ0n) is 12.7. The Bertz CT molecular complexity index is 341. The molecule has 0 aromatic rings. The van der Waals surface area contributed by atoms with E-state index in [9.17, 15) is 9.59 Å². The smallest absolute Gasteiger partial charge is 0.275 e. The molecule has 1 fully saturated rings. The van der Waals surface area contributed by atoms with E-state index in [0.717, 1.165) is 10.1 Å². The van der Waals surface area contributed by atoms with Crippen molar-refractivity contribution in [1.82, 2.24) is 10.1 Å². The highest BCUT2D eigenvalue weighted by atomic mass is 16.7. The SMILES string of the molecule is CON(C)C(=O)[C@H]1C[C@H](C(=O)N(C)OC)OC(C)(C)O1. The molecule has 0 radical (unpaired) electrons. The van der Waals surface area contributed by atoms with E-state index in [1.165, 1.54) is 28.3 Å². The molecule has 0 bridgehead atoms. The first-order valence-electron chi connectivity index (χ1n) is 6.21. The van der Waals surface area contributed by atoms with Crippen LogP contribution in [0.25, 0.3) is 0 Å². The van der Waals surface area contributed by atoms with E-state index in [4.69, 9.17) is 19.1 Å². The minimum absolute atomic E-state index is 0.0997. The monoisotopic (exact) mass is 290 g/mol. The van der Waals surface area contributed by atoms with Gasteiger partial charge in [0.05, 0.1) is 14.2 Å². The number of hydrogen-bond donors (Lipinski definition) is 0. The molecule has 116 valence electrons. The summed E-state index contributed by atoms with van der Waals surface area (Å²) in [6.07, 6.45) is -1.53. The predicted molar refractivity (Wildman–Crippen MR) is 68.0 cm³/mol. The molecule has 2 atom stereocenters. The Morgan fingerprint density at radius 2 is 1.35 bits per heavy atom. The van der Waals surface area contributed by atoms with Crippen molar-refractivity contribution in [2.75, 3.05) is 28.3 Å². The summed E-state index contributed by atoms with van der Waals surface area (Å²) in [6.45, 7) is 3.29. The number of hydroxylamine groups is 4. The van der Waals surface area contributed by atoms with Crippen LogP contribution in [0.3, 0.4) is 0 Å². The average molecular weight is 290 g/mol. The number of likely N-dealkylation sites (N-methyl/N-ethyl adjacent to an activating group) is 2. The molecule has 1 heterocycles. The van der Waals surface area contributed by atoms with Gasteiger partial charge in [-0.15, -0.1) is 0 Å². The minimum Gasteiger partial charge on any atom is -0.337 e. The standard InChI is InChI=1S/C12H22N2O6/c1-12(2)19-8(10(15)13(3)17-5)7-9(20-12)11(16)14(4)18-6/h8-9H,7H2,1-6H3/t8-,9-/m1/s1. The molecule has 1 rings (SSSR count). The summed E-state index contributed by atoms with van der Waals surface area (Å²) in [4.78, 5) is 33.9. The lowest BCUT2D eigenvalue weighted by Gasteiger charge is -2.40. The van der Waals surface area contributed by atoms with E-state index < -0.39 is 18.0 Å². The first-order chi connectivity index (χ1) is 9.21. The maximum Gasteiger partial charge on any atom is 0.275 e. The van der Waals surface area contributed by atoms with E-state index in [-0.39, 0.29) is 18.2 Å². The molecule has 2 amide bonds. The van der Waals surface area contributed by atoms with Crippen molar-refractivity contribution >= 4 is 11.8 Å². The van der Waals surface area contributed by atoms with Crippen LogP contribution < -0.4 is 0 Å². The molecule has 0 aromatic carbocycles. The normalized spacial score (nSPS) is 25.1. The molecule has 0 unspecified atom stereocenters. The third-order valence-corrected chi connectivity index (χ3v) is 3.00. The Kier molecular flexibility index (Phi) is 5.46. The first kappa shape index (κ1) is 16.8. The van der Waals surface area contributed by atoms with Gasteiger partial charge >= 0.3 is 0 Å². The van der Waals surface area contributed by atoms with Gasteiger partial charge in [0.2, 0.25) is 0 Å². The Hall–Kier alpha value is -1.22. The second-order valence-electron chi connectivity index (χ2n) is 4.89. The number of rotatable bonds is 4. The van der Waals surface area contributed by atoms with Gasteiger partial charge < -0.3 is 9.47 Å². The van der Waals surface area contributed by atoms with E-state index in [2.05, 4.69) is 0 Å². The number of carbonyl (C=O) groups excluding carboxylic acids is 2. The fraction of sp³-hybridized carbons (Fsp3) is 0.833. The molecule has 0 aliphatic carbocycles. The Morgan fingerprint density at radius 1 is 1.00 bits per heavy atom. The highest BCUT2D eigenvalue weighted by molar-refractivity contribution is 5.83. The van der Waals surface area contributed by atoms with E-state index >= 15 is 0 Å².